The van der Waals surface area contributed by atoms with Gasteiger partial charge in [0.1, 0.15) is 0 Å². The Morgan fingerprint density at radius 3 is 3.00 bits per heavy atom. The number of nitrogens with two attached hydrogens (primary N) is 1. The molecule has 2 aromatic heterocycles. The summed E-state index contributed by atoms with van der Waals surface area (Å²) in [7, 11) is 0. The second-order valence-corrected chi connectivity index (χ2v) is 5.69. The van der Waals surface area contributed by atoms with E-state index in [4.69, 9.17) is 17.4 Å². The Kier molecular flexibility index (Phi) is 3.48. The molecule has 4 nitrogen and oxygen atoms in total. The Balaban J connectivity index is 2.00. The Bertz CT molecular complexity index is 778. The first-order valence-corrected chi connectivity index (χ1v) is 7.27. The van der Waals surface area contributed by atoms with Crippen LogP contribution in [0.4, 0.5) is 0 Å². The fourth-order valence-electron chi connectivity index (χ4n) is 2.23. The highest BCUT2D eigenvalue weighted by molar-refractivity contribution is 7.12. The number of fused-ring (bicyclic) bond motifs is 1. The largest absolute Gasteiger partial charge is 0.343 e. The number of hydrogen-bond donors (Lipinski definition) is 2. The van der Waals surface area contributed by atoms with Crippen molar-refractivity contribution in [3.63, 3.8) is 0 Å². The highest BCUT2D eigenvalue weighted by Crippen LogP contribution is 2.26. The van der Waals surface area contributed by atoms with Crippen LogP contribution in [0.25, 0.3) is 10.9 Å². The molecule has 0 aliphatic heterocycles. The van der Waals surface area contributed by atoms with Gasteiger partial charge in [-0.2, -0.15) is 0 Å². The number of benzene rings is 1. The van der Waals surface area contributed by atoms with E-state index >= 15 is 0 Å². The van der Waals surface area contributed by atoms with Crippen LogP contribution in [0.5, 0.6) is 0 Å². The van der Waals surface area contributed by atoms with Gasteiger partial charge in [0.2, 0.25) is 0 Å². The summed E-state index contributed by atoms with van der Waals surface area (Å²) in [5.74, 6) is 4.94. The molecule has 0 atom stereocenters. The second kappa shape index (κ2) is 5.28. The van der Waals surface area contributed by atoms with Crippen molar-refractivity contribution in [3.05, 3.63) is 57.4 Å². The molecule has 102 valence electrons. The standard InChI is InChI=1S/C14H12ClN3OS/c15-11-2-1-3-12-10(11)4-6-18(12)8-9-5-7-20-13(9)14(19)17-16/h1-7H,8,16H2,(H,17,19). The number of thiophene rings is 1. The zero-order valence-electron chi connectivity index (χ0n) is 10.5. The van der Waals surface area contributed by atoms with Gasteiger partial charge in [0.15, 0.2) is 0 Å². The van der Waals surface area contributed by atoms with Gasteiger partial charge in [-0.3, -0.25) is 10.2 Å². The fourth-order valence-corrected chi connectivity index (χ4v) is 3.28. The molecule has 0 fully saturated rings. The molecule has 0 unspecified atom stereocenters. The summed E-state index contributed by atoms with van der Waals surface area (Å²) in [6.07, 6.45) is 1.97. The number of amides is 1. The molecule has 1 amide bonds. The van der Waals surface area contributed by atoms with E-state index in [9.17, 15) is 4.79 Å². The van der Waals surface area contributed by atoms with Crippen molar-refractivity contribution >= 4 is 39.7 Å². The van der Waals surface area contributed by atoms with E-state index in [-0.39, 0.29) is 5.91 Å². The number of halogens is 1. The van der Waals surface area contributed by atoms with E-state index in [2.05, 4.69) is 9.99 Å². The van der Waals surface area contributed by atoms with Crippen molar-refractivity contribution < 1.29 is 4.79 Å². The van der Waals surface area contributed by atoms with E-state index in [1.165, 1.54) is 11.3 Å². The maximum atomic E-state index is 11.7. The van der Waals surface area contributed by atoms with Crippen molar-refractivity contribution in [2.24, 2.45) is 5.84 Å². The van der Waals surface area contributed by atoms with Gasteiger partial charge in [-0.1, -0.05) is 17.7 Å². The number of carbonyl (C=O) groups excluding carboxylic acids is 1. The number of aromatic nitrogens is 1. The SMILES string of the molecule is NNC(=O)c1sccc1Cn1ccc2c(Cl)cccc21. The summed E-state index contributed by atoms with van der Waals surface area (Å²) in [4.78, 5) is 12.3. The number of nitrogens with zero attached hydrogens (tertiary/aromatic N) is 1. The average Bonchev–Trinajstić information content (AvgIpc) is 3.07. The summed E-state index contributed by atoms with van der Waals surface area (Å²) in [6.45, 7) is 0.607. The molecule has 3 N–H and O–H groups in total. The van der Waals surface area contributed by atoms with Gasteiger partial charge in [0.05, 0.1) is 4.88 Å². The van der Waals surface area contributed by atoms with E-state index in [0.29, 0.717) is 11.4 Å². The van der Waals surface area contributed by atoms with E-state index in [0.717, 1.165) is 21.5 Å². The topological polar surface area (TPSA) is 60.0 Å². The molecule has 0 bridgehead atoms. The third kappa shape index (κ3) is 2.20. The maximum Gasteiger partial charge on any atom is 0.275 e. The van der Waals surface area contributed by atoms with Crippen molar-refractivity contribution in [2.75, 3.05) is 0 Å². The fraction of sp³-hybridized carbons (Fsp3) is 0.0714. The molecule has 6 heteroatoms. The molecule has 3 aromatic rings. The third-order valence-corrected chi connectivity index (χ3v) is 4.47. The van der Waals surface area contributed by atoms with Crippen molar-refractivity contribution in [1.82, 2.24) is 9.99 Å². The van der Waals surface area contributed by atoms with Gasteiger partial charge in [0, 0.05) is 28.7 Å². The minimum atomic E-state index is -0.260. The number of carbonyl (C=O) groups is 1. The predicted molar refractivity (Wildman–Crippen MR) is 82.0 cm³/mol. The highest BCUT2D eigenvalue weighted by atomic mass is 35.5. The van der Waals surface area contributed by atoms with Crippen LogP contribution >= 0.6 is 22.9 Å². The predicted octanol–water partition coefficient (Wildman–Crippen LogP) is 3.01. The monoisotopic (exact) mass is 305 g/mol. The maximum absolute atomic E-state index is 11.7. The Labute approximate surface area is 124 Å². The number of nitrogen functional groups attached to an aromatic ring is 1. The molecule has 0 aliphatic rings. The van der Waals surface area contributed by atoms with Crippen LogP contribution < -0.4 is 11.3 Å². The average molecular weight is 306 g/mol. The van der Waals surface area contributed by atoms with Gasteiger partial charge in [0.25, 0.3) is 5.91 Å². The molecule has 0 aliphatic carbocycles. The zero-order valence-corrected chi connectivity index (χ0v) is 12.0. The summed E-state index contributed by atoms with van der Waals surface area (Å²) < 4.78 is 2.07. The first-order chi connectivity index (χ1) is 9.70. The van der Waals surface area contributed by atoms with E-state index < -0.39 is 0 Å². The normalized spacial score (nSPS) is 10.9. The zero-order chi connectivity index (χ0) is 14.1. The first kappa shape index (κ1) is 13.2. The summed E-state index contributed by atoms with van der Waals surface area (Å²) >= 11 is 7.55. The van der Waals surface area contributed by atoms with Crippen LogP contribution in [0.1, 0.15) is 15.2 Å². The van der Waals surface area contributed by atoms with Crippen LogP contribution in [0.3, 0.4) is 0 Å². The smallest absolute Gasteiger partial charge is 0.275 e. The lowest BCUT2D eigenvalue weighted by molar-refractivity contribution is 0.0957. The van der Waals surface area contributed by atoms with Crippen LogP contribution in [0.2, 0.25) is 5.02 Å². The van der Waals surface area contributed by atoms with Crippen LogP contribution in [0, 0.1) is 0 Å². The highest BCUT2D eigenvalue weighted by Gasteiger charge is 2.13. The minimum absolute atomic E-state index is 0.260. The second-order valence-electron chi connectivity index (χ2n) is 4.36. The van der Waals surface area contributed by atoms with Gasteiger partial charge in [-0.25, -0.2) is 5.84 Å². The minimum Gasteiger partial charge on any atom is -0.343 e. The van der Waals surface area contributed by atoms with Gasteiger partial charge in [-0.05, 0) is 35.2 Å². The number of nitrogens with one attached hydrogen (secondary N) is 1. The lowest BCUT2D eigenvalue weighted by Crippen LogP contribution is -2.30. The summed E-state index contributed by atoms with van der Waals surface area (Å²) in [5.41, 5.74) is 4.16. The number of hydrogen-bond acceptors (Lipinski definition) is 3. The third-order valence-electron chi connectivity index (χ3n) is 3.19. The summed E-state index contributed by atoms with van der Waals surface area (Å²) in [6, 6.07) is 9.71. The van der Waals surface area contributed by atoms with Gasteiger partial charge < -0.3 is 4.57 Å². The lowest BCUT2D eigenvalue weighted by atomic mass is 10.2. The molecule has 0 saturated carbocycles. The molecular weight excluding hydrogens is 294 g/mol. The Morgan fingerprint density at radius 2 is 2.20 bits per heavy atom. The van der Waals surface area contributed by atoms with E-state index in [1.807, 2.05) is 41.9 Å². The van der Waals surface area contributed by atoms with Gasteiger partial charge >= 0.3 is 0 Å². The molecular formula is C14H12ClN3OS. The molecule has 20 heavy (non-hydrogen) atoms. The molecule has 0 radical (unpaired) electrons. The van der Waals surface area contributed by atoms with E-state index in [1.54, 1.807) is 0 Å². The number of rotatable bonds is 3. The lowest BCUT2D eigenvalue weighted by Gasteiger charge is -2.06. The Morgan fingerprint density at radius 1 is 1.35 bits per heavy atom. The Hall–Kier alpha value is -1.82. The number of hydrazine groups is 1. The molecule has 0 saturated heterocycles. The van der Waals surface area contributed by atoms with Crippen LogP contribution in [-0.4, -0.2) is 10.5 Å². The van der Waals surface area contributed by atoms with Crippen molar-refractivity contribution in [3.8, 4) is 0 Å². The quantitative estimate of drug-likeness (QED) is 0.444. The van der Waals surface area contributed by atoms with Crippen LogP contribution in [-0.2, 0) is 6.54 Å². The van der Waals surface area contributed by atoms with Gasteiger partial charge in [-0.15, -0.1) is 11.3 Å². The van der Waals surface area contributed by atoms with Crippen LogP contribution in [0.15, 0.2) is 41.9 Å². The van der Waals surface area contributed by atoms with Crippen molar-refractivity contribution in [1.29, 1.82) is 0 Å². The molecule has 0 spiro atoms. The summed E-state index contributed by atoms with van der Waals surface area (Å²) in [5, 5.41) is 3.62. The molecule has 1 aromatic carbocycles. The molecule has 2 heterocycles. The van der Waals surface area contributed by atoms with Crippen molar-refractivity contribution in [2.45, 2.75) is 6.54 Å². The first-order valence-electron chi connectivity index (χ1n) is 6.01. The molecule has 3 rings (SSSR count).